The zero-order chi connectivity index (χ0) is 10.0. The maximum atomic E-state index is 11.9. The van der Waals surface area contributed by atoms with Crippen molar-refractivity contribution in [1.29, 1.82) is 0 Å². The van der Waals surface area contributed by atoms with E-state index in [-0.39, 0.29) is 11.4 Å². The summed E-state index contributed by atoms with van der Waals surface area (Å²) in [6.07, 6.45) is 5.76. The highest BCUT2D eigenvalue weighted by molar-refractivity contribution is 5.87. The molecular weight excluding hydrogens is 176 g/mol. The summed E-state index contributed by atoms with van der Waals surface area (Å²) in [6.45, 7) is 3.95. The molecule has 1 aliphatic heterocycles. The zero-order valence-corrected chi connectivity index (χ0v) is 8.94. The third kappa shape index (κ3) is 1.65. The van der Waals surface area contributed by atoms with E-state index in [1.807, 2.05) is 0 Å². The fraction of sp³-hybridized carbons (Fsp3) is 0.909. The molecule has 2 aliphatic rings. The van der Waals surface area contributed by atoms with Crippen LogP contribution in [0, 0.1) is 5.92 Å². The van der Waals surface area contributed by atoms with Crippen LogP contribution in [0.3, 0.4) is 0 Å². The Balaban J connectivity index is 2.08. The molecule has 0 radical (unpaired) electrons. The molecule has 1 spiro atoms. The van der Waals surface area contributed by atoms with Crippen LogP contribution in [-0.2, 0) is 4.79 Å². The van der Waals surface area contributed by atoms with E-state index in [0.29, 0.717) is 0 Å². The molecule has 0 bridgehead atoms. The van der Waals surface area contributed by atoms with Gasteiger partial charge >= 0.3 is 0 Å². The number of piperazine rings is 1. The van der Waals surface area contributed by atoms with Crippen molar-refractivity contribution < 1.29 is 4.79 Å². The molecule has 0 aromatic carbocycles. The molecule has 1 amide bonds. The van der Waals surface area contributed by atoms with E-state index < -0.39 is 0 Å². The molecule has 2 rings (SSSR count). The zero-order valence-electron chi connectivity index (χ0n) is 8.94. The molecule has 2 fully saturated rings. The number of rotatable bonds is 1. The predicted molar refractivity (Wildman–Crippen MR) is 56.0 cm³/mol. The van der Waals surface area contributed by atoms with E-state index in [0.717, 1.165) is 31.8 Å². The number of hydrogen-bond acceptors (Lipinski definition) is 2. The van der Waals surface area contributed by atoms with Gasteiger partial charge in [0.05, 0.1) is 5.54 Å². The van der Waals surface area contributed by atoms with Crippen molar-refractivity contribution in [2.45, 2.75) is 44.6 Å². The average Bonchev–Trinajstić information content (AvgIpc) is 2.23. The predicted octanol–water partition coefficient (Wildman–Crippen LogP) is 1.04. The molecule has 1 saturated heterocycles. The number of amides is 1. The van der Waals surface area contributed by atoms with Crippen LogP contribution < -0.4 is 10.6 Å². The Bertz CT molecular complexity index is 225. The Labute approximate surface area is 85.6 Å². The SMILES string of the molecule is CCC1CCCC2(C1)NCCNC2=O. The largest absolute Gasteiger partial charge is 0.353 e. The first-order valence-corrected chi connectivity index (χ1v) is 5.80. The van der Waals surface area contributed by atoms with Gasteiger partial charge in [0.15, 0.2) is 0 Å². The summed E-state index contributed by atoms with van der Waals surface area (Å²) in [7, 11) is 0. The van der Waals surface area contributed by atoms with E-state index in [4.69, 9.17) is 0 Å². The third-order valence-corrected chi connectivity index (χ3v) is 3.74. The Morgan fingerprint density at radius 2 is 2.36 bits per heavy atom. The third-order valence-electron chi connectivity index (χ3n) is 3.74. The van der Waals surface area contributed by atoms with Crippen LogP contribution >= 0.6 is 0 Å². The molecule has 1 heterocycles. The molecule has 14 heavy (non-hydrogen) atoms. The quantitative estimate of drug-likeness (QED) is 0.658. The molecule has 2 unspecified atom stereocenters. The Kier molecular flexibility index (Phi) is 2.77. The highest BCUT2D eigenvalue weighted by Gasteiger charge is 2.43. The normalized spacial score (nSPS) is 38.4. The Hall–Kier alpha value is -0.570. The fourth-order valence-electron chi connectivity index (χ4n) is 2.83. The maximum absolute atomic E-state index is 11.9. The van der Waals surface area contributed by atoms with Gasteiger partial charge in [0, 0.05) is 13.1 Å². The molecule has 1 aliphatic carbocycles. The van der Waals surface area contributed by atoms with Crippen molar-refractivity contribution in [3.63, 3.8) is 0 Å². The van der Waals surface area contributed by atoms with E-state index in [2.05, 4.69) is 17.6 Å². The van der Waals surface area contributed by atoms with Crippen molar-refractivity contribution in [2.75, 3.05) is 13.1 Å². The van der Waals surface area contributed by atoms with Crippen LogP contribution in [-0.4, -0.2) is 24.5 Å². The highest BCUT2D eigenvalue weighted by atomic mass is 16.2. The summed E-state index contributed by atoms with van der Waals surface area (Å²) in [5.41, 5.74) is -0.211. The minimum absolute atomic E-state index is 0.211. The van der Waals surface area contributed by atoms with E-state index in [1.54, 1.807) is 0 Å². The van der Waals surface area contributed by atoms with Crippen LogP contribution in [0.25, 0.3) is 0 Å². The summed E-state index contributed by atoms with van der Waals surface area (Å²) >= 11 is 0. The topological polar surface area (TPSA) is 41.1 Å². The molecular formula is C11H20N2O. The smallest absolute Gasteiger partial charge is 0.240 e. The summed E-state index contributed by atoms with van der Waals surface area (Å²) < 4.78 is 0. The van der Waals surface area contributed by atoms with Crippen LogP contribution in [0.15, 0.2) is 0 Å². The minimum Gasteiger partial charge on any atom is -0.353 e. The van der Waals surface area contributed by atoms with Gasteiger partial charge in [-0.25, -0.2) is 0 Å². The number of nitrogens with one attached hydrogen (secondary N) is 2. The molecule has 3 nitrogen and oxygen atoms in total. The molecule has 80 valence electrons. The van der Waals surface area contributed by atoms with Crippen LogP contribution in [0.1, 0.15) is 39.0 Å². The van der Waals surface area contributed by atoms with Crippen LogP contribution in [0.4, 0.5) is 0 Å². The number of carbonyl (C=O) groups is 1. The molecule has 2 N–H and O–H groups in total. The van der Waals surface area contributed by atoms with Crippen LogP contribution in [0.2, 0.25) is 0 Å². The Morgan fingerprint density at radius 1 is 1.50 bits per heavy atom. The highest BCUT2D eigenvalue weighted by Crippen LogP contribution is 2.34. The lowest BCUT2D eigenvalue weighted by Crippen LogP contribution is -2.64. The first-order valence-electron chi connectivity index (χ1n) is 5.80. The maximum Gasteiger partial charge on any atom is 0.240 e. The van der Waals surface area contributed by atoms with Crippen LogP contribution in [0.5, 0.6) is 0 Å². The second-order valence-corrected chi connectivity index (χ2v) is 4.64. The molecule has 1 saturated carbocycles. The van der Waals surface area contributed by atoms with Crippen molar-refractivity contribution in [3.05, 3.63) is 0 Å². The van der Waals surface area contributed by atoms with Gasteiger partial charge in [-0.05, 0) is 18.8 Å². The van der Waals surface area contributed by atoms with Gasteiger partial charge in [-0.3, -0.25) is 4.79 Å². The van der Waals surface area contributed by atoms with Crippen molar-refractivity contribution >= 4 is 5.91 Å². The van der Waals surface area contributed by atoms with Gasteiger partial charge in [-0.1, -0.05) is 26.2 Å². The first kappa shape index (κ1) is 9.97. The molecule has 0 aromatic rings. The molecule has 0 aromatic heterocycles. The number of carbonyl (C=O) groups excluding carboxylic acids is 1. The summed E-state index contributed by atoms with van der Waals surface area (Å²) in [5, 5.41) is 6.42. The minimum atomic E-state index is -0.211. The lowest BCUT2D eigenvalue weighted by molar-refractivity contribution is -0.131. The second kappa shape index (κ2) is 3.89. The molecule has 2 atom stereocenters. The molecule has 3 heteroatoms. The van der Waals surface area contributed by atoms with E-state index >= 15 is 0 Å². The van der Waals surface area contributed by atoms with Gasteiger partial charge < -0.3 is 10.6 Å². The summed E-state index contributed by atoms with van der Waals surface area (Å²) in [5.74, 6) is 0.974. The monoisotopic (exact) mass is 196 g/mol. The van der Waals surface area contributed by atoms with Gasteiger partial charge in [0.2, 0.25) is 5.91 Å². The van der Waals surface area contributed by atoms with E-state index in [9.17, 15) is 4.79 Å². The van der Waals surface area contributed by atoms with E-state index in [1.165, 1.54) is 19.3 Å². The summed E-state index contributed by atoms with van der Waals surface area (Å²) in [4.78, 5) is 11.9. The first-order chi connectivity index (χ1) is 6.77. The standard InChI is InChI=1S/C11H20N2O/c1-2-9-4-3-5-11(8-9)10(14)12-6-7-13-11/h9,13H,2-8H2,1H3,(H,12,14). The average molecular weight is 196 g/mol. The van der Waals surface area contributed by atoms with Crippen molar-refractivity contribution in [3.8, 4) is 0 Å². The van der Waals surface area contributed by atoms with Crippen molar-refractivity contribution in [1.82, 2.24) is 10.6 Å². The summed E-state index contributed by atoms with van der Waals surface area (Å²) in [6, 6.07) is 0. The van der Waals surface area contributed by atoms with Crippen molar-refractivity contribution in [2.24, 2.45) is 5.92 Å². The van der Waals surface area contributed by atoms with Gasteiger partial charge in [-0.2, -0.15) is 0 Å². The lowest BCUT2D eigenvalue weighted by Gasteiger charge is -2.42. The van der Waals surface area contributed by atoms with Gasteiger partial charge in [0.1, 0.15) is 0 Å². The van der Waals surface area contributed by atoms with Gasteiger partial charge in [-0.15, -0.1) is 0 Å². The fourth-order valence-corrected chi connectivity index (χ4v) is 2.83. The number of hydrogen-bond donors (Lipinski definition) is 2. The lowest BCUT2D eigenvalue weighted by atomic mass is 9.73. The van der Waals surface area contributed by atoms with Gasteiger partial charge in [0.25, 0.3) is 0 Å². The Morgan fingerprint density at radius 3 is 3.07 bits per heavy atom. The second-order valence-electron chi connectivity index (χ2n) is 4.64.